The molecule has 2 N–H and O–H groups in total. The van der Waals surface area contributed by atoms with E-state index >= 15 is 0 Å². The number of allylic oxidation sites excluding steroid dienone is 7. The molecular weight excluding hydrogens is 780 g/mol. The molecule has 0 aromatic heterocycles. The predicted molar refractivity (Wildman–Crippen MR) is 261 cm³/mol. The van der Waals surface area contributed by atoms with E-state index in [9.17, 15) is 19.4 Å². The second-order valence-electron chi connectivity index (χ2n) is 18.5. The average molecular weight is 879 g/mol. The molecule has 0 bridgehead atoms. The maximum atomic E-state index is 12.9. The predicted octanol–water partition coefficient (Wildman–Crippen LogP) is 14.2. The summed E-state index contributed by atoms with van der Waals surface area (Å²) in [5.41, 5.74) is 0. The fourth-order valence-electron chi connectivity index (χ4n) is 7.18. The van der Waals surface area contributed by atoms with Crippen LogP contribution in [0, 0.1) is 0 Å². The zero-order valence-electron chi connectivity index (χ0n) is 40.6. The number of nitrogens with zero attached hydrogens (tertiary/aromatic N) is 1. The molecule has 8 nitrogen and oxygen atoms in total. The third-order valence-corrected chi connectivity index (χ3v) is 12.2. The van der Waals surface area contributed by atoms with Gasteiger partial charge in [-0.2, -0.15) is 0 Å². The molecule has 0 saturated carbocycles. The molecule has 1 amide bonds. The van der Waals surface area contributed by atoms with Crippen molar-refractivity contribution in [3.63, 3.8) is 0 Å². The molecule has 9 heteroatoms. The summed E-state index contributed by atoms with van der Waals surface area (Å²) < 4.78 is 23.2. The zero-order valence-corrected chi connectivity index (χ0v) is 41.5. The molecule has 358 valence electrons. The normalized spacial score (nSPS) is 14.5. The van der Waals surface area contributed by atoms with Crippen LogP contribution in [0.5, 0.6) is 0 Å². The summed E-state index contributed by atoms with van der Waals surface area (Å²) in [5, 5.41) is 13.8. The number of hydrogen-bond donors (Lipinski definition) is 2. The number of amides is 1. The standard InChI is InChI=1S/C52H99N2O6P/c1-6-8-10-12-14-16-18-20-22-24-26-27-28-30-32-34-36-38-40-42-44-46-52(56)53-50(49-60-61(57,58)59-48-47-54(3,4)5)51(55)45-43-41-39-37-35-33-31-29-25-23-21-19-17-15-13-11-9-7-2/h25,27-29,35,37,43,45,50-51,55H,6-24,26,30-34,36,38-42,44,46-49H2,1-5H3,(H-,53,56,57,58)/b28-27-,29-25+,37-35+,45-43+. The van der Waals surface area contributed by atoms with Crippen LogP contribution in [0.3, 0.4) is 0 Å². The summed E-state index contributed by atoms with van der Waals surface area (Å²) in [6.45, 7) is 4.62. The van der Waals surface area contributed by atoms with Gasteiger partial charge in [-0.15, -0.1) is 0 Å². The van der Waals surface area contributed by atoms with Crippen LogP contribution in [-0.2, 0) is 18.4 Å². The Hall–Kier alpha value is -1.54. The van der Waals surface area contributed by atoms with Crippen LogP contribution in [0.4, 0.5) is 0 Å². The Morgan fingerprint density at radius 3 is 1.33 bits per heavy atom. The Labute approximate surface area is 378 Å². The first-order valence-corrected chi connectivity index (χ1v) is 27.0. The van der Waals surface area contributed by atoms with E-state index in [0.717, 1.165) is 44.9 Å². The molecule has 0 aliphatic carbocycles. The Bertz CT molecular complexity index is 1130. The zero-order chi connectivity index (χ0) is 45.0. The van der Waals surface area contributed by atoms with Crippen LogP contribution in [0.1, 0.15) is 226 Å². The van der Waals surface area contributed by atoms with E-state index in [-0.39, 0.29) is 12.5 Å². The SMILES string of the molecule is CCCCCCCCCC/C=C/CC/C=C/CC/C=C/C(O)C(COP(=O)([O-])OCC[N+](C)(C)C)NC(=O)CCCCCCCCC/C=C\CCCCCCCCCCCC. The van der Waals surface area contributed by atoms with Gasteiger partial charge in [0.15, 0.2) is 0 Å². The van der Waals surface area contributed by atoms with Gasteiger partial charge in [-0.05, 0) is 70.6 Å². The number of rotatable bonds is 46. The molecule has 0 saturated heterocycles. The fraction of sp³-hybridized carbons (Fsp3) is 0.827. The first-order valence-electron chi connectivity index (χ1n) is 25.5. The average Bonchev–Trinajstić information content (AvgIpc) is 3.21. The fourth-order valence-corrected chi connectivity index (χ4v) is 7.90. The molecule has 0 spiro atoms. The molecule has 0 heterocycles. The Morgan fingerprint density at radius 1 is 0.557 bits per heavy atom. The number of hydrogen-bond acceptors (Lipinski definition) is 6. The third kappa shape index (κ3) is 46.3. The molecule has 3 unspecified atom stereocenters. The van der Waals surface area contributed by atoms with Gasteiger partial charge < -0.3 is 28.8 Å². The Kier molecular flexibility index (Phi) is 42.6. The smallest absolute Gasteiger partial charge is 0.268 e. The quantitative estimate of drug-likeness (QED) is 0.0273. The lowest BCUT2D eigenvalue weighted by Gasteiger charge is -2.29. The van der Waals surface area contributed by atoms with E-state index in [4.69, 9.17) is 9.05 Å². The minimum Gasteiger partial charge on any atom is -0.756 e. The summed E-state index contributed by atoms with van der Waals surface area (Å²) in [6, 6.07) is -0.912. The van der Waals surface area contributed by atoms with Crippen molar-refractivity contribution >= 4 is 13.7 Å². The highest BCUT2D eigenvalue weighted by Gasteiger charge is 2.23. The van der Waals surface area contributed by atoms with Gasteiger partial charge in [0.2, 0.25) is 5.91 Å². The Morgan fingerprint density at radius 2 is 0.918 bits per heavy atom. The number of aliphatic hydroxyl groups is 1. The number of carbonyl (C=O) groups is 1. The molecule has 0 aromatic rings. The summed E-state index contributed by atoms with van der Waals surface area (Å²) in [4.78, 5) is 25.4. The van der Waals surface area contributed by atoms with E-state index < -0.39 is 26.6 Å². The van der Waals surface area contributed by atoms with Gasteiger partial charge in [0.1, 0.15) is 13.2 Å². The second-order valence-corrected chi connectivity index (χ2v) is 19.9. The van der Waals surface area contributed by atoms with Crippen LogP contribution >= 0.6 is 7.82 Å². The van der Waals surface area contributed by atoms with E-state index in [1.807, 2.05) is 27.2 Å². The minimum absolute atomic E-state index is 0.0105. The van der Waals surface area contributed by atoms with E-state index in [2.05, 4.69) is 55.6 Å². The lowest BCUT2D eigenvalue weighted by molar-refractivity contribution is -0.870. The van der Waals surface area contributed by atoms with Gasteiger partial charge in [0.05, 0.1) is 39.9 Å². The second kappa shape index (κ2) is 43.7. The molecule has 0 radical (unpaired) electrons. The highest BCUT2D eigenvalue weighted by Crippen LogP contribution is 2.38. The summed E-state index contributed by atoms with van der Waals surface area (Å²) in [6.07, 6.45) is 56.0. The lowest BCUT2D eigenvalue weighted by Crippen LogP contribution is -2.45. The summed E-state index contributed by atoms with van der Waals surface area (Å²) in [5.74, 6) is -0.216. The number of phosphoric acid groups is 1. The van der Waals surface area contributed by atoms with Crippen molar-refractivity contribution in [1.29, 1.82) is 0 Å². The van der Waals surface area contributed by atoms with Crippen LogP contribution in [0.15, 0.2) is 48.6 Å². The molecule has 3 atom stereocenters. The first kappa shape index (κ1) is 59.5. The molecule has 61 heavy (non-hydrogen) atoms. The topological polar surface area (TPSA) is 108 Å². The maximum Gasteiger partial charge on any atom is 0.268 e. The third-order valence-electron chi connectivity index (χ3n) is 11.2. The number of nitrogens with one attached hydrogen (secondary N) is 1. The lowest BCUT2D eigenvalue weighted by atomic mass is 10.1. The number of phosphoric ester groups is 1. The number of carbonyl (C=O) groups excluding carboxylic acids is 1. The van der Waals surface area contributed by atoms with Crippen molar-refractivity contribution in [3.05, 3.63) is 48.6 Å². The van der Waals surface area contributed by atoms with Gasteiger partial charge in [0, 0.05) is 6.42 Å². The number of aliphatic hydroxyl groups excluding tert-OH is 1. The highest BCUT2D eigenvalue weighted by atomic mass is 31.2. The summed E-state index contributed by atoms with van der Waals surface area (Å²) >= 11 is 0. The van der Waals surface area contributed by atoms with Crippen molar-refractivity contribution < 1.29 is 32.9 Å². The van der Waals surface area contributed by atoms with Gasteiger partial charge in [0.25, 0.3) is 7.82 Å². The minimum atomic E-state index is -4.61. The maximum absolute atomic E-state index is 12.9. The van der Waals surface area contributed by atoms with Crippen LogP contribution in [0.2, 0.25) is 0 Å². The Balaban J connectivity index is 4.39. The summed E-state index contributed by atoms with van der Waals surface area (Å²) in [7, 11) is 1.23. The molecule has 0 aliphatic rings. The van der Waals surface area contributed by atoms with Crippen molar-refractivity contribution in [2.24, 2.45) is 0 Å². The van der Waals surface area contributed by atoms with Crippen molar-refractivity contribution in [3.8, 4) is 0 Å². The highest BCUT2D eigenvalue weighted by molar-refractivity contribution is 7.45. The molecule has 0 aromatic carbocycles. The van der Waals surface area contributed by atoms with Crippen molar-refractivity contribution in [2.75, 3.05) is 40.9 Å². The van der Waals surface area contributed by atoms with Crippen LogP contribution in [-0.4, -0.2) is 68.5 Å². The number of likely N-dealkylation sites (N-methyl/N-ethyl adjacent to an activating group) is 1. The molecular formula is C52H99N2O6P. The van der Waals surface area contributed by atoms with Gasteiger partial charge >= 0.3 is 0 Å². The van der Waals surface area contributed by atoms with Gasteiger partial charge in [-0.1, -0.05) is 197 Å². The van der Waals surface area contributed by atoms with E-state index in [0.29, 0.717) is 17.4 Å². The monoisotopic (exact) mass is 879 g/mol. The molecule has 0 aliphatic heterocycles. The molecule has 0 rings (SSSR count). The first-order chi connectivity index (χ1) is 29.5. The van der Waals surface area contributed by atoms with Crippen molar-refractivity contribution in [2.45, 2.75) is 238 Å². The van der Waals surface area contributed by atoms with Crippen LogP contribution in [0.25, 0.3) is 0 Å². The number of quaternary nitrogens is 1. The van der Waals surface area contributed by atoms with E-state index in [1.165, 1.54) is 161 Å². The molecule has 0 fully saturated rings. The van der Waals surface area contributed by atoms with Gasteiger partial charge in [-0.3, -0.25) is 9.36 Å². The van der Waals surface area contributed by atoms with Crippen LogP contribution < -0.4 is 10.2 Å². The van der Waals surface area contributed by atoms with Gasteiger partial charge in [-0.25, -0.2) is 0 Å². The van der Waals surface area contributed by atoms with E-state index in [1.54, 1.807) is 6.08 Å². The van der Waals surface area contributed by atoms with Crippen molar-refractivity contribution in [1.82, 2.24) is 5.32 Å². The largest absolute Gasteiger partial charge is 0.756 e. The number of unbranched alkanes of at least 4 members (excludes halogenated alkanes) is 27.